The molecule has 0 amide bonds. The fraction of sp³-hybridized carbons (Fsp3) is 0.286. The monoisotopic (exact) mass is 255 g/mol. The van der Waals surface area contributed by atoms with Gasteiger partial charge in [-0.3, -0.25) is 0 Å². The molecule has 2 heterocycles. The number of nitrogens with zero attached hydrogens (tertiary/aromatic N) is 2. The van der Waals surface area contributed by atoms with Crippen LogP contribution in [0.2, 0.25) is 0 Å². The highest BCUT2D eigenvalue weighted by Gasteiger charge is 2.21. The fourth-order valence-corrected chi connectivity index (χ4v) is 2.04. The lowest BCUT2D eigenvalue weighted by Crippen LogP contribution is -2.15. The van der Waals surface area contributed by atoms with E-state index in [4.69, 9.17) is 8.94 Å². The Kier molecular flexibility index (Phi) is 2.38. The summed E-state index contributed by atoms with van der Waals surface area (Å²) in [7, 11) is 0. The normalized spacial score (nSPS) is 15.2. The summed E-state index contributed by atoms with van der Waals surface area (Å²) < 4.78 is 10.9. The minimum Gasteiger partial charge on any atom is -0.453 e. The minimum absolute atomic E-state index is 0.504. The van der Waals surface area contributed by atoms with Crippen LogP contribution in [0.25, 0.3) is 22.6 Å². The first-order valence-corrected chi connectivity index (χ1v) is 6.43. The summed E-state index contributed by atoms with van der Waals surface area (Å²) in [5.74, 6) is 1.74. The molecule has 1 fully saturated rings. The zero-order valence-electron chi connectivity index (χ0n) is 10.3. The first-order valence-electron chi connectivity index (χ1n) is 6.43. The first-order chi connectivity index (χ1) is 9.38. The standard InChI is InChI=1S/C14H13N3O2/c1-2-4-11-9(3-1)7-12(18-11)14-16-13(19-17-14)8-15-10-5-6-10/h1-4,7,10,15H,5-6,8H2. The smallest absolute Gasteiger partial charge is 0.241 e. The predicted octanol–water partition coefficient (Wildman–Crippen LogP) is 2.73. The van der Waals surface area contributed by atoms with Gasteiger partial charge in [0.25, 0.3) is 0 Å². The quantitative estimate of drug-likeness (QED) is 0.776. The van der Waals surface area contributed by atoms with Gasteiger partial charge in [-0.2, -0.15) is 4.98 Å². The number of hydrogen-bond acceptors (Lipinski definition) is 5. The van der Waals surface area contributed by atoms with Gasteiger partial charge in [0.05, 0.1) is 6.54 Å². The van der Waals surface area contributed by atoms with Crippen LogP contribution in [0, 0.1) is 0 Å². The number of para-hydroxylation sites is 1. The van der Waals surface area contributed by atoms with E-state index in [0.717, 1.165) is 11.0 Å². The lowest BCUT2D eigenvalue weighted by atomic mass is 10.2. The van der Waals surface area contributed by atoms with E-state index >= 15 is 0 Å². The van der Waals surface area contributed by atoms with Crippen molar-refractivity contribution in [2.75, 3.05) is 0 Å². The number of nitrogens with one attached hydrogen (secondary N) is 1. The summed E-state index contributed by atoms with van der Waals surface area (Å²) in [6, 6.07) is 10.4. The van der Waals surface area contributed by atoms with Crippen LogP contribution >= 0.6 is 0 Å². The Hall–Kier alpha value is -2.14. The maximum atomic E-state index is 5.70. The Morgan fingerprint density at radius 1 is 1.26 bits per heavy atom. The zero-order valence-corrected chi connectivity index (χ0v) is 10.3. The van der Waals surface area contributed by atoms with Gasteiger partial charge in [-0.15, -0.1) is 0 Å². The van der Waals surface area contributed by atoms with E-state index in [2.05, 4.69) is 15.5 Å². The molecule has 96 valence electrons. The highest BCUT2D eigenvalue weighted by Crippen LogP contribution is 2.25. The van der Waals surface area contributed by atoms with Gasteiger partial charge < -0.3 is 14.3 Å². The zero-order chi connectivity index (χ0) is 12.7. The highest BCUT2D eigenvalue weighted by molar-refractivity contribution is 5.81. The van der Waals surface area contributed by atoms with Crippen LogP contribution in [0.3, 0.4) is 0 Å². The third kappa shape index (κ3) is 2.13. The average molecular weight is 255 g/mol. The third-order valence-electron chi connectivity index (χ3n) is 3.23. The van der Waals surface area contributed by atoms with Crippen molar-refractivity contribution in [2.24, 2.45) is 0 Å². The Morgan fingerprint density at radius 3 is 3.00 bits per heavy atom. The topological polar surface area (TPSA) is 64.1 Å². The second-order valence-corrected chi connectivity index (χ2v) is 4.82. The molecule has 0 aliphatic heterocycles. The number of rotatable bonds is 4. The van der Waals surface area contributed by atoms with Crippen LogP contribution in [0.1, 0.15) is 18.7 Å². The third-order valence-corrected chi connectivity index (χ3v) is 3.23. The van der Waals surface area contributed by atoms with Crippen LogP contribution in [-0.2, 0) is 6.54 Å². The lowest BCUT2D eigenvalue weighted by Gasteiger charge is -1.94. The van der Waals surface area contributed by atoms with Gasteiger partial charge in [-0.25, -0.2) is 0 Å². The molecule has 0 saturated heterocycles. The maximum absolute atomic E-state index is 5.70. The SMILES string of the molecule is c1ccc2oc(-c3noc(CNC4CC4)n3)cc2c1. The van der Waals surface area contributed by atoms with Crippen LogP contribution < -0.4 is 5.32 Å². The number of aromatic nitrogens is 2. The van der Waals surface area contributed by atoms with Crippen molar-refractivity contribution < 1.29 is 8.94 Å². The second-order valence-electron chi connectivity index (χ2n) is 4.82. The Bertz CT molecular complexity index is 679. The van der Waals surface area contributed by atoms with E-state index in [1.165, 1.54) is 12.8 Å². The van der Waals surface area contributed by atoms with E-state index < -0.39 is 0 Å². The Morgan fingerprint density at radius 2 is 2.16 bits per heavy atom. The molecule has 0 unspecified atom stereocenters. The van der Waals surface area contributed by atoms with Crippen molar-refractivity contribution >= 4 is 11.0 Å². The first kappa shape index (κ1) is 10.8. The molecule has 4 rings (SSSR count). The van der Waals surface area contributed by atoms with Gasteiger partial charge in [-0.05, 0) is 25.0 Å². The lowest BCUT2D eigenvalue weighted by molar-refractivity contribution is 0.366. The largest absolute Gasteiger partial charge is 0.453 e. The molecule has 1 aliphatic carbocycles. The molecule has 5 heteroatoms. The van der Waals surface area contributed by atoms with Crippen molar-refractivity contribution in [3.8, 4) is 11.6 Å². The van der Waals surface area contributed by atoms with Crippen molar-refractivity contribution in [1.82, 2.24) is 15.5 Å². The summed E-state index contributed by atoms with van der Waals surface area (Å²) in [6.45, 7) is 0.623. The van der Waals surface area contributed by atoms with Gasteiger partial charge in [0.1, 0.15) is 5.58 Å². The van der Waals surface area contributed by atoms with Crippen LogP contribution in [-0.4, -0.2) is 16.2 Å². The molecule has 1 aliphatic rings. The number of furan rings is 1. The van der Waals surface area contributed by atoms with Gasteiger partial charge in [0.15, 0.2) is 5.76 Å². The van der Waals surface area contributed by atoms with Gasteiger partial charge in [0.2, 0.25) is 11.7 Å². The molecule has 0 atom stereocenters. The van der Waals surface area contributed by atoms with E-state index in [1.54, 1.807) is 0 Å². The summed E-state index contributed by atoms with van der Waals surface area (Å²) in [5, 5.41) is 8.34. The molecule has 0 spiro atoms. The number of fused-ring (bicyclic) bond motifs is 1. The molecule has 0 bridgehead atoms. The molecule has 2 aromatic heterocycles. The summed E-state index contributed by atoms with van der Waals surface area (Å²) >= 11 is 0. The number of benzene rings is 1. The molecule has 1 saturated carbocycles. The van der Waals surface area contributed by atoms with Crippen molar-refractivity contribution in [3.05, 3.63) is 36.2 Å². The van der Waals surface area contributed by atoms with Gasteiger partial charge in [-0.1, -0.05) is 23.4 Å². The fourth-order valence-electron chi connectivity index (χ4n) is 2.04. The van der Waals surface area contributed by atoms with Crippen molar-refractivity contribution in [1.29, 1.82) is 0 Å². The predicted molar refractivity (Wildman–Crippen MR) is 69.4 cm³/mol. The van der Waals surface area contributed by atoms with Crippen molar-refractivity contribution in [3.63, 3.8) is 0 Å². The molecule has 1 aromatic carbocycles. The van der Waals surface area contributed by atoms with Crippen LogP contribution in [0.15, 0.2) is 39.3 Å². The molecular weight excluding hydrogens is 242 g/mol. The van der Waals surface area contributed by atoms with Gasteiger partial charge in [0, 0.05) is 11.4 Å². The van der Waals surface area contributed by atoms with Gasteiger partial charge >= 0.3 is 0 Å². The second kappa shape index (κ2) is 4.20. The summed E-state index contributed by atoms with van der Waals surface area (Å²) in [4.78, 5) is 4.34. The van der Waals surface area contributed by atoms with E-state index in [0.29, 0.717) is 30.1 Å². The summed E-state index contributed by atoms with van der Waals surface area (Å²) in [6.07, 6.45) is 2.48. The maximum Gasteiger partial charge on any atom is 0.241 e. The Balaban J connectivity index is 1.60. The summed E-state index contributed by atoms with van der Waals surface area (Å²) in [5.41, 5.74) is 0.833. The molecule has 19 heavy (non-hydrogen) atoms. The Labute approximate surface area is 109 Å². The average Bonchev–Trinajstić information content (AvgIpc) is 2.99. The highest BCUT2D eigenvalue weighted by atomic mass is 16.5. The van der Waals surface area contributed by atoms with E-state index in [1.807, 2.05) is 30.3 Å². The van der Waals surface area contributed by atoms with E-state index in [-0.39, 0.29) is 0 Å². The molecule has 3 aromatic rings. The molecule has 5 nitrogen and oxygen atoms in total. The van der Waals surface area contributed by atoms with Crippen LogP contribution in [0.4, 0.5) is 0 Å². The molecule has 0 radical (unpaired) electrons. The molecule has 1 N–H and O–H groups in total. The van der Waals surface area contributed by atoms with E-state index in [9.17, 15) is 0 Å². The van der Waals surface area contributed by atoms with Crippen molar-refractivity contribution in [2.45, 2.75) is 25.4 Å². The number of hydrogen-bond donors (Lipinski definition) is 1. The minimum atomic E-state index is 0.504. The molecular formula is C14H13N3O2. The van der Waals surface area contributed by atoms with Crippen LogP contribution in [0.5, 0.6) is 0 Å².